The number of fused-ring (bicyclic) bond motifs is 1. The Balaban J connectivity index is 2.08. The summed E-state index contributed by atoms with van der Waals surface area (Å²) in [5.41, 5.74) is 2.51. The topological polar surface area (TPSA) is 24.1 Å². The number of aromatic nitrogens is 2. The van der Waals surface area contributed by atoms with Gasteiger partial charge in [-0.25, -0.2) is 9.55 Å². The van der Waals surface area contributed by atoms with E-state index in [9.17, 15) is 0 Å². The molecule has 0 saturated carbocycles. The van der Waals surface area contributed by atoms with Gasteiger partial charge in [0, 0.05) is 6.42 Å². The monoisotopic (exact) mass is 205 g/mol. The molecule has 2 aromatic rings. The zero-order valence-electron chi connectivity index (χ0n) is 9.46. The molecule has 0 aliphatic carbocycles. The van der Waals surface area contributed by atoms with Crippen molar-refractivity contribution in [2.75, 3.05) is 20.6 Å². The van der Waals surface area contributed by atoms with Crippen LogP contribution in [0.2, 0.25) is 0 Å². The van der Waals surface area contributed by atoms with E-state index in [1.165, 1.54) is 28.9 Å². The smallest absolute Gasteiger partial charge is 0.242 e. The first kappa shape index (κ1) is 10.2. The van der Waals surface area contributed by atoms with Gasteiger partial charge >= 0.3 is 0 Å². The summed E-state index contributed by atoms with van der Waals surface area (Å²) in [7, 11) is 4.39. The minimum Gasteiger partial charge on any atom is -0.340 e. The van der Waals surface area contributed by atoms with E-state index in [1.807, 2.05) is 0 Å². The van der Waals surface area contributed by atoms with Gasteiger partial charge in [0.25, 0.3) is 0 Å². The van der Waals surface area contributed by atoms with Gasteiger partial charge in [-0.05, 0) is 12.1 Å². The summed E-state index contributed by atoms with van der Waals surface area (Å²) in [5.74, 6) is 0. The molecule has 0 fully saturated rings. The Morgan fingerprint density at radius 2 is 2.07 bits per heavy atom. The van der Waals surface area contributed by atoms with Gasteiger partial charge in [-0.15, -0.1) is 0 Å². The number of benzene rings is 1. The van der Waals surface area contributed by atoms with Crippen molar-refractivity contribution in [3.63, 3.8) is 0 Å². The van der Waals surface area contributed by atoms with Gasteiger partial charge < -0.3 is 4.90 Å². The van der Waals surface area contributed by atoms with E-state index in [1.54, 1.807) is 0 Å². The highest BCUT2D eigenvalue weighted by Gasteiger charge is 2.07. The molecule has 0 unspecified atom stereocenters. The lowest BCUT2D eigenvalue weighted by Gasteiger charge is -2.04. The summed E-state index contributed by atoms with van der Waals surface area (Å²) in [6.45, 7) is 2.31. The quantitative estimate of drug-likeness (QED) is 0.656. The van der Waals surface area contributed by atoms with Gasteiger partial charge in [0.1, 0.15) is 0 Å². The number of hydrogen-bond donors (Lipinski definition) is 2. The lowest BCUT2D eigenvalue weighted by molar-refractivity contribution is -0.861. The molecule has 2 rings (SSSR count). The Morgan fingerprint density at radius 1 is 1.27 bits per heavy atom. The number of imidazole rings is 1. The summed E-state index contributed by atoms with van der Waals surface area (Å²) in [5, 5.41) is 0. The molecule has 3 heteroatoms. The molecule has 0 aliphatic heterocycles. The average molecular weight is 205 g/mol. The number of quaternary nitrogens is 1. The fourth-order valence-electron chi connectivity index (χ4n) is 1.85. The van der Waals surface area contributed by atoms with Crippen LogP contribution in [0, 0.1) is 0 Å². The van der Waals surface area contributed by atoms with Crippen molar-refractivity contribution in [3.8, 4) is 0 Å². The highest BCUT2D eigenvalue weighted by atomic mass is 15.1. The van der Waals surface area contributed by atoms with Crippen LogP contribution in [-0.2, 0) is 6.54 Å². The Bertz CT molecular complexity index is 431. The van der Waals surface area contributed by atoms with Crippen LogP contribution < -0.4 is 9.47 Å². The van der Waals surface area contributed by atoms with Crippen LogP contribution in [0.5, 0.6) is 0 Å². The van der Waals surface area contributed by atoms with E-state index in [2.05, 4.69) is 54.2 Å². The van der Waals surface area contributed by atoms with Crippen molar-refractivity contribution in [1.82, 2.24) is 4.98 Å². The lowest BCUT2D eigenvalue weighted by Crippen LogP contribution is -3.05. The highest BCUT2D eigenvalue weighted by Crippen LogP contribution is 2.05. The number of para-hydroxylation sites is 2. The molecule has 2 N–H and O–H groups in total. The largest absolute Gasteiger partial charge is 0.340 e. The molecule has 1 aromatic heterocycles. The zero-order chi connectivity index (χ0) is 10.7. The number of rotatable bonds is 4. The van der Waals surface area contributed by atoms with Crippen molar-refractivity contribution in [2.45, 2.75) is 13.0 Å². The maximum Gasteiger partial charge on any atom is 0.242 e. The van der Waals surface area contributed by atoms with Crippen molar-refractivity contribution >= 4 is 11.0 Å². The third-order valence-electron chi connectivity index (χ3n) is 2.67. The second-order valence-electron chi connectivity index (χ2n) is 4.29. The van der Waals surface area contributed by atoms with Crippen LogP contribution in [0.4, 0.5) is 0 Å². The second-order valence-corrected chi connectivity index (χ2v) is 4.29. The Labute approximate surface area is 90.3 Å². The number of nitrogens with one attached hydrogen (secondary N) is 2. The molecule has 1 aromatic carbocycles. The third kappa shape index (κ3) is 2.36. The van der Waals surface area contributed by atoms with Gasteiger partial charge in [-0.2, -0.15) is 0 Å². The number of H-pyrrole nitrogens is 1. The van der Waals surface area contributed by atoms with E-state index < -0.39 is 0 Å². The summed E-state index contributed by atoms with van der Waals surface area (Å²) in [6.07, 6.45) is 3.28. The van der Waals surface area contributed by atoms with Crippen molar-refractivity contribution in [2.24, 2.45) is 0 Å². The molecule has 0 amide bonds. The number of nitrogens with zero attached hydrogens (tertiary/aromatic N) is 1. The minimum absolute atomic E-state index is 1.09. The summed E-state index contributed by atoms with van der Waals surface area (Å²) in [6, 6.07) is 8.42. The SMILES string of the molecule is C[NH+](C)CCC[n+]1c[nH]c2ccccc21. The van der Waals surface area contributed by atoms with E-state index in [-0.39, 0.29) is 0 Å². The first-order valence-corrected chi connectivity index (χ1v) is 5.52. The van der Waals surface area contributed by atoms with E-state index in [0.717, 1.165) is 6.54 Å². The van der Waals surface area contributed by atoms with Crippen LogP contribution in [0.25, 0.3) is 11.0 Å². The number of hydrogen-bond acceptors (Lipinski definition) is 0. The summed E-state index contributed by atoms with van der Waals surface area (Å²) < 4.78 is 2.29. The highest BCUT2D eigenvalue weighted by molar-refractivity contribution is 5.70. The second kappa shape index (κ2) is 4.45. The Kier molecular flexibility index (Phi) is 3.02. The van der Waals surface area contributed by atoms with E-state index in [4.69, 9.17) is 0 Å². The van der Waals surface area contributed by atoms with Crippen LogP contribution >= 0.6 is 0 Å². The fourth-order valence-corrected chi connectivity index (χ4v) is 1.85. The molecule has 0 atom stereocenters. The van der Waals surface area contributed by atoms with Crippen molar-refractivity contribution in [1.29, 1.82) is 0 Å². The summed E-state index contributed by atoms with van der Waals surface area (Å²) in [4.78, 5) is 4.79. The van der Waals surface area contributed by atoms with Gasteiger partial charge in [-0.3, -0.25) is 0 Å². The molecule has 1 heterocycles. The third-order valence-corrected chi connectivity index (χ3v) is 2.67. The van der Waals surface area contributed by atoms with Gasteiger partial charge in [-0.1, -0.05) is 12.1 Å². The Morgan fingerprint density at radius 3 is 2.87 bits per heavy atom. The number of aryl methyl sites for hydroxylation is 1. The van der Waals surface area contributed by atoms with Gasteiger partial charge in [0.15, 0.2) is 11.0 Å². The summed E-state index contributed by atoms with van der Waals surface area (Å²) >= 11 is 0. The zero-order valence-corrected chi connectivity index (χ0v) is 9.46. The molecule has 80 valence electrons. The molecular weight excluding hydrogens is 186 g/mol. The van der Waals surface area contributed by atoms with Gasteiger partial charge in [0.2, 0.25) is 6.33 Å². The average Bonchev–Trinajstić information content (AvgIpc) is 2.62. The molecular formula is C12H19N3+2. The molecule has 15 heavy (non-hydrogen) atoms. The van der Waals surface area contributed by atoms with Crippen LogP contribution in [0.3, 0.4) is 0 Å². The molecule has 3 nitrogen and oxygen atoms in total. The lowest BCUT2D eigenvalue weighted by atomic mass is 10.3. The molecule has 0 aliphatic rings. The first-order valence-electron chi connectivity index (χ1n) is 5.52. The Hall–Kier alpha value is -1.35. The fraction of sp³-hybridized carbons (Fsp3) is 0.417. The molecule has 0 bridgehead atoms. The van der Waals surface area contributed by atoms with E-state index >= 15 is 0 Å². The first-order chi connectivity index (χ1) is 7.27. The maximum atomic E-state index is 3.28. The van der Waals surface area contributed by atoms with Crippen molar-refractivity contribution in [3.05, 3.63) is 30.6 Å². The van der Waals surface area contributed by atoms with Crippen molar-refractivity contribution < 1.29 is 9.47 Å². The minimum atomic E-state index is 1.09. The van der Waals surface area contributed by atoms with E-state index in [0.29, 0.717) is 0 Å². The number of aromatic amines is 1. The predicted octanol–water partition coefficient (Wildman–Crippen LogP) is -0.01000. The van der Waals surface area contributed by atoms with Crippen LogP contribution in [-0.4, -0.2) is 25.6 Å². The molecule has 0 radical (unpaired) electrons. The molecule has 0 spiro atoms. The van der Waals surface area contributed by atoms with Crippen LogP contribution in [0.1, 0.15) is 6.42 Å². The standard InChI is InChI=1S/C12H17N3/c1-14(2)8-5-9-15-10-13-11-6-3-4-7-12(11)15/h3-4,6-7,10H,5,8-9H2,1-2H3/p+2. The van der Waals surface area contributed by atoms with Crippen LogP contribution in [0.15, 0.2) is 30.6 Å². The van der Waals surface area contributed by atoms with Gasteiger partial charge in [0.05, 0.1) is 27.2 Å². The maximum absolute atomic E-state index is 3.28. The molecule has 0 saturated heterocycles. The predicted molar refractivity (Wildman–Crippen MR) is 60.8 cm³/mol. The normalized spacial score (nSPS) is 11.4.